The van der Waals surface area contributed by atoms with Crippen LogP contribution >= 0.6 is 0 Å². The second kappa shape index (κ2) is 8.93. The van der Waals surface area contributed by atoms with Gasteiger partial charge in [-0.1, -0.05) is 0 Å². The zero-order valence-electron chi connectivity index (χ0n) is 17.6. The smallest absolute Gasteiger partial charge is 0.339 e. The van der Waals surface area contributed by atoms with E-state index in [1.54, 1.807) is 28.1 Å². The number of methoxy groups -OCH3 is 3. The largest absolute Gasteiger partial charge is 0.493 e. The molecule has 0 aliphatic carbocycles. The van der Waals surface area contributed by atoms with E-state index in [0.717, 1.165) is 10.5 Å². The van der Waals surface area contributed by atoms with Gasteiger partial charge in [0.2, 0.25) is 5.78 Å². The van der Waals surface area contributed by atoms with Gasteiger partial charge >= 0.3 is 5.97 Å². The molecule has 28 heavy (non-hydrogen) atoms. The van der Waals surface area contributed by atoms with Gasteiger partial charge in [-0.05, 0) is 44.5 Å². The summed E-state index contributed by atoms with van der Waals surface area (Å²) in [5, 5.41) is 0. The average Bonchev–Trinajstić information content (AvgIpc) is 2.99. The Morgan fingerprint density at radius 1 is 1.11 bits per heavy atom. The summed E-state index contributed by atoms with van der Waals surface area (Å²) in [6, 6.07) is 5.42. The lowest BCUT2D eigenvalue weighted by atomic mass is 10.0. The maximum absolute atomic E-state index is 13.0. The standard InChI is InChI=1S/C21H28N2O5/c1-12-18(21(25)28-7)13(2)22-19(12)20(24)14(3)23(4)11-15-8-9-16(26-5)17(10-15)27-6/h8-10,14,22H,11H2,1-7H3/p+1/t14-/m1/s1. The van der Waals surface area contributed by atoms with Crippen LogP contribution < -0.4 is 14.4 Å². The van der Waals surface area contributed by atoms with E-state index in [9.17, 15) is 9.59 Å². The molecule has 0 saturated carbocycles. The molecule has 2 N–H and O–H groups in total. The number of hydrogen-bond acceptors (Lipinski definition) is 5. The molecule has 0 spiro atoms. The molecular weight excluding hydrogens is 360 g/mol. The Balaban J connectivity index is 2.20. The number of aromatic amines is 1. The molecule has 7 heteroatoms. The summed E-state index contributed by atoms with van der Waals surface area (Å²) in [4.78, 5) is 29.1. The lowest BCUT2D eigenvalue weighted by Gasteiger charge is -2.21. The van der Waals surface area contributed by atoms with Crippen molar-refractivity contribution < 1.29 is 28.7 Å². The fourth-order valence-corrected chi connectivity index (χ4v) is 3.31. The van der Waals surface area contributed by atoms with Crippen LogP contribution in [-0.2, 0) is 11.3 Å². The van der Waals surface area contributed by atoms with Crippen molar-refractivity contribution >= 4 is 11.8 Å². The predicted octanol–water partition coefficient (Wildman–Crippen LogP) is 1.72. The van der Waals surface area contributed by atoms with Crippen LogP contribution in [0.5, 0.6) is 11.5 Å². The van der Waals surface area contributed by atoms with E-state index < -0.39 is 5.97 Å². The fourth-order valence-electron chi connectivity index (χ4n) is 3.31. The molecule has 1 unspecified atom stereocenters. The van der Waals surface area contributed by atoms with Gasteiger partial charge in [0.15, 0.2) is 17.5 Å². The van der Waals surface area contributed by atoms with E-state index in [1.807, 2.05) is 32.2 Å². The first-order valence-corrected chi connectivity index (χ1v) is 9.10. The molecule has 0 bridgehead atoms. The van der Waals surface area contributed by atoms with Gasteiger partial charge in [0.25, 0.3) is 0 Å². The van der Waals surface area contributed by atoms with Crippen LogP contribution in [0.15, 0.2) is 18.2 Å². The van der Waals surface area contributed by atoms with Crippen LogP contribution in [-0.4, -0.2) is 51.2 Å². The van der Waals surface area contributed by atoms with Crippen molar-refractivity contribution in [2.24, 2.45) is 0 Å². The minimum Gasteiger partial charge on any atom is -0.493 e. The van der Waals surface area contributed by atoms with Crippen LogP contribution in [0.1, 0.15) is 44.6 Å². The Morgan fingerprint density at radius 2 is 1.75 bits per heavy atom. The molecule has 0 fully saturated rings. The van der Waals surface area contributed by atoms with Gasteiger partial charge in [-0.2, -0.15) is 0 Å². The normalized spacial score (nSPS) is 13.0. The maximum atomic E-state index is 13.0. The summed E-state index contributed by atoms with van der Waals surface area (Å²) < 4.78 is 15.4. The zero-order valence-corrected chi connectivity index (χ0v) is 17.6. The van der Waals surface area contributed by atoms with Gasteiger partial charge in [0.05, 0.1) is 39.6 Å². The molecule has 0 amide bonds. The number of nitrogens with one attached hydrogen (secondary N) is 2. The summed E-state index contributed by atoms with van der Waals surface area (Å²) in [6.07, 6.45) is 0. The van der Waals surface area contributed by atoms with Crippen LogP contribution in [0.25, 0.3) is 0 Å². The number of benzene rings is 1. The highest BCUT2D eigenvalue weighted by Crippen LogP contribution is 2.27. The fraction of sp³-hybridized carbons (Fsp3) is 0.429. The maximum Gasteiger partial charge on any atom is 0.339 e. The van der Waals surface area contributed by atoms with Crippen LogP contribution in [0.4, 0.5) is 0 Å². The number of H-pyrrole nitrogens is 1. The van der Waals surface area contributed by atoms with E-state index in [1.165, 1.54) is 7.11 Å². The summed E-state index contributed by atoms with van der Waals surface area (Å²) in [6.45, 7) is 6.04. The lowest BCUT2D eigenvalue weighted by Crippen LogP contribution is -3.12. The highest BCUT2D eigenvalue weighted by molar-refractivity contribution is 6.03. The molecule has 152 valence electrons. The number of carbonyl (C=O) groups excluding carboxylic acids is 2. The first-order chi connectivity index (χ1) is 13.2. The number of ether oxygens (including phenoxy) is 3. The molecule has 1 aromatic carbocycles. The van der Waals surface area contributed by atoms with E-state index >= 15 is 0 Å². The molecule has 2 rings (SSSR count). The Labute approximate surface area is 165 Å². The van der Waals surface area contributed by atoms with Crippen molar-refractivity contribution in [2.45, 2.75) is 33.4 Å². The number of ketones is 1. The monoisotopic (exact) mass is 389 g/mol. The number of likely N-dealkylation sites (N-methyl/N-ethyl adjacent to an activating group) is 1. The molecular formula is C21H29N2O5+. The molecule has 7 nitrogen and oxygen atoms in total. The molecule has 2 atom stereocenters. The minimum atomic E-state index is -0.441. The molecule has 0 aliphatic heterocycles. The third kappa shape index (κ3) is 4.20. The highest BCUT2D eigenvalue weighted by atomic mass is 16.5. The van der Waals surface area contributed by atoms with Gasteiger partial charge < -0.3 is 24.1 Å². The average molecular weight is 389 g/mol. The number of quaternary nitrogens is 1. The molecule has 0 aliphatic rings. The van der Waals surface area contributed by atoms with Gasteiger partial charge in [-0.3, -0.25) is 4.79 Å². The van der Waals surface area contributed by atoms with E-state index in [0.29, 0.717) is 40.6 Å². The molecule has 1 heterocycles. The third-order valence-electron chi connectivity index (χ3n) is 5.14. The predicted molar refractivity (Wildman–Crippen MR) is 106 cm³/mol. The summed E-state index contributed by atoms with van der Waals surface area (Å²) in [7, 11) is 6.49. The Hall–Kier alpha value is -2.80. The number of esters is 1. The van der Waals surface area contributed by atoms with Crippen molar-refractivity contribution in [2.75, 3.05) is 28.4 Å². The number of carbonyl (C=O) groups is 2. The first kappa shape index (κ1) is 21.5. The number of aryl methyl sites for hydroxylation is 1. The molecule has 0 saturated heterocycles. The van der Waals surface area contributed by atoms with Gasteiger partial charge in [-0.25, -0.2) is 4.79 Å². The first-order valence-electron chi connectivity index (χ1n) is 9.10. The van der Waals surface area contributed by atoms with Crippen LogP contribution in [0.2, 0.25) is 0 Å². The molecule has 2 aromatic rings. The number of Topliss-reactive ketones (excluding diaryl/α,β-unsaturated/α-hetero) is 1. The van der Waals surface area contributed by atoms with Crippen molar-refractivity contribution in [1.29, 1.82) is 0 Å². The highest BCUT2D eigenvalue weighted by Gasteiger charge is 2.29. The Kier molecular flexibility index (Phi) is 6.85. The van der Waals surface area contributed by atoms with Crippen LogP contribution in [0.3, 0.4) is 0 Å². The van der Waals surface area contributed by atoms with Gasteiger partial charge in [0, 0.05) is 11.3 Å². The van der Waals surface area contributed by atoms with Crippen molar-refractivity contribution in [3.8, 4) is 11.5 Å². The number of hydrogen-bond donors (Lipinski definition) is 2. The summed E-state index contributed by atoms with van der Waals surface area (Å²) >= 11 is 0. The Morgan fingerprint density at radius 3 is 2.32 bits per heavy atom. The quantitative estimate of drug-likeness (QED) is 0.531. The molecule has 1 aromatic heterocycles. The number of rotatable bonds is 8. The second-order valence-electron chi connectivity index (χ2n) is 6.91. The lowest BCUT2D eigenvalue weighted by molar-refractivity contribution is -0.907. The molecule has 0 radical (unpaired) electrons. The van der Waals surface area contributed by atoms with E-state index in [2.05, 4.69) is 4.98 Å². The summed E-state index contributed by atoms with van der Waals surface area (Å²) in [5.74, 6) is 0.837. The topological polar surface area (TPSA) is 82.1 Å². The number of aromatic nitrogens is 1. The van der Waals surface area contributed by atoms with Gasteiger partial charge in [-0.15, -0.1) is 0 Å². The third-order valence-corrected chi connectivity index (χ3v) is 5.14. The van der Waals surface area contributed by atoms with Crippen molar-refractivity contribution in [3.63, 3.8) is 0 Å². The minimum absolute atomic E-state index is 0.0475. The van der Waals surface area contributed by atoms with Crippen molar-refractivity contribution in [1.82, 2.24) is 4.98 Å². The Bertz CT molecular complexity index is 872. The van der Waals surface area contributed by atoms with E-state index in [4.69, 9.17) is 14.2 Å². The summed E-state index contributed by atoms with van der Waals surface area (Å²) in [5.41, 5.74) is 3.18. The van der Waals surface area contributed by atoms with Crippen LogP contribution in [0, 0.1) is 13.8 Å². The SMILES string of the molecule is COC(=O)c1c(C)[nH]c(C(=O)[C@@H](C)[NH+](C)Cc2ccc(OC)c(OC)c2)c1C. The van der Waals surface area contributed by atoms with Crippen molar-refractivity contribution in [3.05, 3.63) is 46.3 Å². The van der Waals surface area contributed by atoms with E-state index in [-0.39, 0.29) is 11.8 Å². The van der Waals surface area contributed by atoms with Gasteiger partial charge in [0.1, 0.15) is 6.54 Å². The second-order valence-corrected chi connectivity index (χ2v) is 6.91. The zero-order chi connectivity index (χ0) is 21.0.